The number of nitrogens with one attached hydrogen (secondary N) is 1. The molecule has 3 heteroatoms. The van der Waals surface area contributed by atoms with E-state index < -0.39 is 0 Å². The summed E-state index contributed by atoms with van der Waals surface area (Å²) in [5.41, 5.74) is 1.12. The smallest absolute Gasteiger partial charge is 0.220 e. The van der Waals surface area contributed by atoms with Crippen LogP contribution >= 0.6 is 0 Å². The topological polar surface area (TPSA) is 42.0 Å². The van der Waals surface area contributed by atoms with Crippen LogP contribution in [0.15, 0.2) is 24.5 Å². The quantitative estimate of drug-likeness (QED) is 0.741. The number of nitrogens with zero attached hydrogens (tertiary/aromatic N) is 1. The summed E-state index contributed by atoms with van der Waals surface area (Å²) in [6.07, 6.45) is 9.74. The van der Waals surface area contributed by atoms with Crippen LogP contribution in [0.3, 0.4) is 0 Å². The van der Waals surface area contributed by atoms with Gasteiger partial charge >= 0.3 is 0 Å². The predicted octanol–water partition coefficient (Wildman–Crippen LogP) is 3.35. The summed E-state index contributed by atoms with van der Waals surface area (Å²) in [4.78, 5) is 15.8. The molecular weight excluding hydrogens is 236 g/mol. The van der Waals surface area contributed by atoms with E-state index in [1.165, 1.54) is 19.3 Å². The molecule has 1 rings (SSSR count). The minimum absolute atomic E-state index is 0.152. The average molecular weight is 262 g/mol. The molecule has 3 nitrogen and oxygen atoms in total. The number of amides is 1. The van der Waals surface area contributed by atoms with Gasteiger partial charge in [-0.25, -0.2) is 0 Å². The van der Waals surface area contributed by atoms with Crippen molar-refractivity contribution in [3.05, 3.63) is 30.1 Å². The lowest BCUT2D eigenvalue weighted by Crippen LogP contribution is -2.29. The maximum absolute atomic E-state index is 11.8. The van der Waals surface area contributed by atoms with E-state index in [0.29, 0.717) is 12.3 Å². The Morgan fingerprint density at radius 2 is 2.26 bits per heavy atom. The van der Waals surface area contributed by atoms with Crippen LogP contribution in [-0.4, -0.2) is 17.4 Å². The molecule has 1 amide bonds. The van der Waals surface area contributed by atoms with E-state index in [-0.39, 0.29) is 5.91 Å². The summed E-state index contributed by atoms with van der Waals surface area (Å²) in [5.74, 6) is 0.779. The molecule has 0 fully saturated rings. The number of aromatic nitrogens is 1. The van der Waals surface area contributed by atoms with Crippen molar-refractivity contribution >= 4 is 5.91 Å². The lowest BCUT2D eigenvalue weighted by atomic mass is 9.99. The van der Waals surface area contributed by atoms with Crippen molar-refractivity contribution < 1.29 is 4.79 Å². The fourth-order valence-corrected chi connectivity index (χ4v) is 2.09. The first-order valence-electron chi connectivity index (χ1n) is 7.41. The number of aryl methyl sites for hydroxylation is 1. The lowest BCUT2D eigenvalue weighted by Gasteiger charge is -2.15. The summed E-state index contributed by atoms with van der Waals surface area (Å²) in [6, 6.07) is 3.92. The number of hydrogen-bond acceptors (Lipinski definition) is 2. The van der Waals surface area contributed by atoms with Crippen molar-refractivity contribution in [2.45, 2.75) is 52.4 Å². The molecule has 1 unspecified atom stereocenters. The van der Waals surface area contributed by atoms with Crippen LogP contribution in [0.4, 0.5) is 0 Å². The normalized spacial score (nSPS) is 12.1. The Bertz CT molecular complexity index is 351. The van der Waals surface area contributed by atoms with Crippen molar-refractivity contribution in [2.75, 3.05) is 6.54 Å². The lowest BCUT2D eigenvalue weighted by molar-refractivity contribution is -0.121. The van der Waals surface area contributed by atoms with Gasteiger partial charge in [0.25, 0.3) is 0 Å². The molecular formula is C16H26N2O. The van der Waals surface area contributed by atoms with E-state index in [9.17, 15) is 4.79 Å². The van der Waals surface area contributed by atoms with Gasteiger partial charge in [-0.05, 0) is 30.4 Å². The van der Waals surface area contributed by atoms with Crippen molar-refractivity contribution in [1.29, 1.82) is 0 Å². The van der Waals surface area contributed by atoms with E-state index in [0.717, 1.165) is 24.9 Å². The first-order valence-corrected chi connectivity index (χ1v) is 7.41. The van der Waals surface area contributed by atoms with E-state index in [1.807, 2.05) is 18.3 Å². The van der Waals surface area contributed by atoms with Crippen LogP contribution < -0.4 is 5.32 Å². The van der Waals surface area contributed by atoms with Crippen molar-refractivity contribution in [3.8, 4) is 0 Å². The zero-order chi connectivity index (χ0) is 13.9. The first kappa shape index (κ1) is 15.7. The second-order valence-electron chi connectivity index (χ2n) is 5.08. The molecule has 0 aliphatic carbocycles. The number of hydrogen-bond donors (Lipinski definition) is 1. The summed E-state index contributed by atoms with van der Waals surface area (Å²) in [6.45, 7) is 5.23. The standard InChI is InChI=1S/C16H26N2O/c1-3-5-7-14(4-2)13-18-16(19)10-9-15-8-6-11-17-12-15/h6,8,11-12,14H,3-5,7,9-10,13H2,1-2H3,(H,18,19). The summed E-state index contributed by atoms with van der Waals surface area (Å²) in [7, 11) is 0. The molecule has 1 atom stereocenters. The molecule has 0 radical (unpaired) electrons. The van der Waals surface area contributed by atoms with Gasteiger partial charge in [-0.15, -0.1) is 0 Å². The van der Waals surface area contributed by atoms with Gasteiger partial charge in [-0.2, -0.15) is 0 Å². The van der Waals surface area contributed by atoms with Gasteiger partial charge in [0.1, 0.15) is 0 Å². The molecule has 0 bridgehead atoms. The SMILES string of the molecule is CCCCC(CC)CNC(=O)CCc1cccnc1. The molecule has 1 heterocycles. The minimum Gasteiger partial charge on any atom is -0.356 e. The van der Waals surface area contributed by atoms with Gasteiger partial charge in [0, 0.05) is 25.4 Å². The Hall–Kier alpha value is -1.38. The van der Waals surface area contributed by atoms with Crippen LogP contribution in [0, 0.1) is 5.92 Å². The highest BCUT2D eigenvalue weighted by Gasteiger charge is 2.08. The Morgan fingerprint density at radius 3 is 2.89 bits per heavy atom. The third-order valence-electron chi connectivity index (χ3n) is 3.49. The summed E-state index contributed by atoms with van der Waals surface area (Å²) < 4.78 is 0. The molecule has 0 spiro atoms. The number of carbonyl (C=O) groups is 1. The molecule has 0 aliphatic heterocycles. The van der Waals surface area contributed by atoms with Gasteiger partial charge in [0.05, 0.1) is 0 Å². The fraction of sp³-hybridized carbons (Fsp3) is 0.625. The monoisotopic (exact) mass is 262 g/mol. The largest absolute Gasteiger partial charge is 0.356 e. The van der Waals surface area contributed by atoms with Gasteiger partial charge in [-0.3, -0.25) is 9.78 Å². The maximum Gasteiger partial charge on any atom is 0.220 e. The summed E-state index contributed by atoms with van der Waals surface area (Å²) >= 11 is 0. The Labute approximate surface area is 116 Å². The molecule has 0 aromatic carbocycles. The molecule has 106 valence electrons. The van der Waals surface area contributed by atoms with Gasteiger partial charge in [-0.1, -0.05) is 39.2 Å². The highest BCUT2D eigenvalue weighted by molar-refractivity contribution is 5.76. The molecule has 1 aromatic rings. The number of pyridine rings is 1. The Balaban J connectivity index is 2.20. The van der Waals surface area contributed by atoms with Gasteiger partial charge in [0.15, 0.2) is 0 Å². The van der Waals surface area contributed by atoms with Crippen molar-refractivity contribution in [2.24, 2.45) is 5.92 Å². The third-order valence-corrected chi connectivity index (χ3v) is 3.49. The predicted molar refractivity (Wildman–Crippen MR) is 78.9 cm³/mol. The zero-order valence-electron chi connectivity index (χ0n) is 12.2. The van der Waals surface area contributed by atoms with Gasteiger partial charge in [0.2, 0.25) is 5.91 Å². The average Bonchev–Trinajstić information content (AvgIpc) is 2.46. The number of carbonyl (C=O) groups excluding carboxylic acids is 1. The highest BCUT2D eigenvalue weighted by Crippen LogP contribution is 2.11. The fourth-order valence-electron chi connectivity index (χ4n) is 2.09. The number of rotatable bonds is 9. The molecule has 19 heavy (non-hydrogen) atoms. The minimum atomic E-state index is 0.152. The van der Waals surface area contributed by atoms with E-state index in [1.54, 1.807) is 6.20 Å². The molecule has 1 aromatic heterocycles. The van der Waals surface area contributed by atoms with Crippen molar-refractivity contribution in [3.63, 3.8) is 0 Å². The van der Waals surface area contributed by atoms with E-state index >= 15 is 0 Å². The zero-order valence-corrected chi connectivity index (χ0v) is 12.2. The second kappa shape index (κ2) is 9.54. The molecule has 0 aliphatic rings. The number of unbranched alkanes of at least 4 members (excludes halogenated alkanes) is 1. The van der Waals surface area contributed by atoms with Crippen molar-refractivity contribution in [1.82, 2.24) is 10.3 Å². The first-order chi connectivity index (χ1) is 9.26. The highest BCUT2D eigenvalue weighted by atomic mass is 16.1. The molecule has 0 saturated carbocycles. The Morgan fingerprint density at radius 1 is 1.42 bits per heavy atom. The van der Waals surface area contributed by atoms with E-state index in [4.69, 9.17) is 0 Å². The van der Waals surface area contributed by atoms with Gasteiger partial charge < -0.3 is 5.32 Å². The maximum atomic E-state index is 11.8. The van der Waals surface area contributed by atoms with Crippen LogP contribution in [0.5, 0.6) is 0 Å². The molecule has 0 saturated heterocycles. The van der Waals surface area contributed by atoms with Crippen LogP contribution in [0.25, 0.3) is 0 Å². The van der Waals surface area contributed by atoms with E-state index in [2.05, 4.69) is 24.1 Å². The van der Waals surface area contributed by atoms with Crippen LogP contribution in [0.1, 0.15) is 51.5 Å². The third kappa shape index (κ3) is 6.94. The Kier molecular flexibility index (Phi) is 7.87. The summed E-state index contributed by atoms with van der Waals surface area (Å²) in [5, 5.41) is 3.05. The molecule has 1 N–H and O–H groups in total. The second-order valence-corrected chi connectivity index (χ2v) is 5.08. The van der Waals surface area contributed by atoms with Crippen LogP contribution in [-0.2, 0) is 11.2 Å². The van der Waals surface area contributed by atoms with Crippen LogP contribution in [0.2, 0.25) is 0 Å².